The molecule has 7 heteroatoms. The smallest absolute Gasteiger partial charge is 0.242 e. The first-order valence-corrected chi connectivity index (χ1v) is 10.4. The van der Waals surface area contributed by atoms with E-state index in [-0.39, 0.29) is 24.2 Å². The molecule has 0 fully saturated rings. The number of likely N-dealkylation sites (N-methyl/N-ethyl adjacent to an activating group) is 1. The van der Waals surface area contributed by atoms with Crippen molar-refractivity contribution >= 4 is 35.2 Å². The molecule has 0 aliphatic heterocycles. The summed E-state index contributed by atoms with van der Waals surface area (Å²) in [6.07, 6.45) is 1.02. The molecule has 0 radical (unpaired) electrons. The second-order valence-corrected chi connectivity index (χ2v) is 7.95. The van der Waals surface area contributed by atoms with Crippen LogP contribution in [0.4, 0.5) is 4.39 Å². The molecule has 0 saturated carbocycles. The van der Waals surface area contributed by atoms with Crippen LogP contribution in [0.1, 0.15) is 25.3 Å². The van der Waals surface area contributed by atoms with Gasteiger partial charge in [0.15, 0.2) is 0 Å². The first kappa shape index (κ1) is 22.2. The zero-order chi connectivity index (χ0) is 20.5. The number of carbonyl (C=O) groups is 2. The average molecular weight is 423 g/mol. The van der Waals surface area contributed by atoms with Gasteiger partial charge in [-0.1, -0.05) is 23.7 Å². The summed E-state index contributed by atoms with van der Waals surface area (Å²) in [7, 11) is 1.54. The van der Waals surface area contributed by atoms with Crippen molar-refractivity contribution in [3.63, 3.8) is 0 Å². The van der Waals surface area contributed by atoms with Crippen molar-refractivity contribution in [3.8, 4) is 0 Å². The molecule has 28 heavy (non-hydrogen) atoms. The van der Waals surface area contributed by atoms with Gasteiger partial charge in [0.2, 0.25) is 11.8 Å². The van der Waals surface area contributed by atoms with Crippen molar-refractivity contribution in [1.82, 2.24) is 10.2 Å². The number of nitrogens with one attached hydrogen (secondary N) is 1. The highest BCUT2D eigenvalue weighted by Crippen LogP contribution is 2.22. The van der Waals surface area contributed by atoms with E-state index < -0.39 is 6.04 Å². The molecule has 0 bridgehead atoms. The number of benzene rings is 2. The van der Waals surface area contributed by atoms with E-state index in [0.29, 0.717) is 17.9 Å². The van der Waals surface area contributed by atoms with Gasteiger partial charge in [-0.2, -0.15) is 0 Å². The SMILES string of the molecule is CNC(=O)C(C)N(Cc1ccc(F)cc1)C(=O)CCCSc1ccc(Cl)cc1. The van der Waals surface area contributed by atoms with Crippen LogP contribution in [0.25, 0.3) is 0 Å². The van der Waals surface area contributed by atoms with Crippen LogP contribution in [0, 0.1) is 5.82 Å². The summed E-state index contributed by atoms with van der Waals surface area (Å²) < 4.78 is 13.1. The maximum absolute atomic E-state index is 13.1. The van der Waals surface area contributed by atoms with E-state index in [4.69, 9.17) is 11.6 Å². The summed E-state index contributed by atoms with van der Waals surface area (Å²) in [5.74, 6) is 0.120. The normalized spacial score (nSPS) is 11.7. The summed E-state index contributed by atoms with van der Waals surface area (Å²) in [4.78, 5) is 27.5. The highest BCUT2D eigenvalue weighted by Gasteiger charge is 2.25. The molecule has 0 aliphatic rings. The number of hydrogen-bond donors (Lipinski definition) is 1. The first-order valence-electron chi connectivity index (χ1n) is 9.04. The lowest BCUT2D eigenvalue weighted by atomic mass is 10.1. The molecule has 2 rings (SSSR count). The van der Waals surface area contributed by atoms with E-state index in [1.807, 2.05) is 24.3 Å². The van der Waals surface area contributed by atoms with Crippen LogP contribution in [0.3, 0.4) is 0 Å². The van der Waals surface area contributed by atoms with Crippen molar-refractivity contribution in [2.75, 3.05) is 12.8 Å². The molecule has 1 N–H and O–H groups in total. The van der Waals surface area contributed by atoms with E-state index in [0.717, 1.165) is 16.2 Å². The van der Waals surface area contributed by atoms with Gasteiger partial charge < -0.3 is 10.2 Å². The maximum Gasteiger partial charge on any atom is 0.242 e. The summed E-state index contributed by atoms with van der Waals surface area (Å²) in [6, 6.07) is 12.9. The van der Waals surface area contributed by atoms with Crippen molar-refractivity contribution < 1.29 is 14.0 Å². The predicted molar refractivity (Wildman–Crippen MR) is 112 cm³/mol. The minimum absolute atomic E-state index is 0.0999. The minimum atomic E-state index is -0.605. The Kier molecular flexibility index (Phi) is 8.80. The van der Waals surface area contributed by atoms with Gasteiger partial charge in [0.05, 0.1) is 0 Å². The van der Waals surface area contributed by atoms with E-state index in [2.05, 4.69) is 5.32 Å². The third-order valence-electron chi connectivity index (χ3n) is 4.30. The van der Waals surface area contributed by atoms with Crippen LogP contribution < -0.4 is 5.32 Å². The Bertz CT molecular complexity index is 784. The van der Waals surface area contributed by atoms with Crippen LogP contribution in [0.15, 0.2) is 53.4 Å². The Morgan fingerprint density at radius 2 is 1.79 bits per heavy atom. The highest BCUT2D eigenvalue weighted by atomic mass is 35.5. The number of halogens is 2. The Morgan fingerprint density at radius 3 is 2.39 bits per heavy atom. The van der Waals surface area contributed by atoms with Gasteiger partial charge in [-0.05, 0) is 61.1 Å². The van der Waals surface area contributed by atoms with Crippen LogP contribution >= 0.6 is 23.4 Å². The van der Waals surface area contributed by atoms with E-state index >= 15 is 0 Å². The van der Waals surface area contributed by atoms with E-state index in [1.54, 1.807) is 42.8 Å². The molecule has 1 unspecified atom stereocenters. The second kappa shape index (κ2) is 11.1. The maximum atomic E-state index is 13.1. The Hall–Kier alpha value is -2.05. The summed E-state index contributed by atoms with van der Waals surface area (Å²) in [5, 5.41) is 3.27. The molecule has 2 amide bonds. The van der Waals surface area contributed by atoms with Gasteiger partial charge in [-0.3, -0.25) is 9.59 Å². The van der Waals surface area contributed by atoms with Crippen molar-refractivity contribution in [2.24, 2.45) is 0 Å². The van der Waals surface area contributed by atoms with Gasteiger partial charge in [0, 0.05) is 29.9 Å². The summed E-state index contributed by atoms with van der Waals surface area (Å²) >= 11 is 7.54. The van der Waals surface area contributed by atoms with Gasteiger partial charge in [0.25, 0.3) is 0 Å². The average Bonchev–Trinajstić information content (AvgIpc) is 2.70. The first-order chi connectivity index (χ1) is 13.4. The van der Waals surface area contributed by atoms with Crippen LogP contribution in [0.2, 0.25) is 5.02 Å². The number of rotatable bonds is 9. The minimum Gasteiger partial charge on any atom is -0.357 e. The third-order valence-corrected chi connectivity index (χ3v) is 5.65. The molecular formula is C21H24ClFN2O2S. The molecule has 150 valence electrons. The number of amides is 2. The summed E-state index contributed by atoms with van der Waals surface area (Å²) in [5.41, 5.74) is 0.779. The topological polar surface area (TPSA) is 49.4 Å². The lowest BCUT2D eigenvalue weighted by molar-refractivity contribution is -0.140. The van der Waals surface area contributed by atoms with Gasteiger partial charge in [0.1, 0.15) is 11.9 Å². The standard InChI is InChI=1S/C21H24ClFN2O2S/c1-15(21(27)24-2)25(14-16-5-9-18(23)10-6-16)20(26)4-3-13-28-19-11-7-17(22)8-12-19/h5-12,15H,3-4,13-14H2,1-2H3,(H,24,27). The van der Waals surface area contributed by atoms with Gasteiger partial charge in [-0.15, -0.1) is 11.8 Å². The second-order valence-electron chi connectivity index (χ2n) is 6.34. The zero-order valence-electron chi connectivity index (χ0n) is 16.0. The number of nitrogens with zero attached hydrogens (tertiary/aromatic N) is 1. The van der Waals surface area contributed by atoms with E-state index in [9.17, 15) is 14.0 Å². The molecule has 2 aromatic carbocycles. The Labute approximate surface area is 174 Å². The molecule has 1 atom stereocenters. The largest absolute Gasteiger partial charge is 0.357 e. The van der Waals surface area contributed by atoms with Crippen LogP contribution in [0.5, 0.6) is 0 Å². The van der Waals surface area contributed by atoms with Gasteiger partial charge >= 0.3 is 0 Å². The molecule has 0 saturated heterocycles. The third kappa shape index (κ3) is 6.84. The fraction of sp³-hybridized carbons (Fsp3) is 0.333. The molecule has 4 nitrogen and oxygen atoms in total. The fourth-order valence-electron chi connectivity index (χ4n) is 2.67. The Morgan fingerprint density at radius 1 is 1.14 bits per heavy atom. The van der Waals surface area contributed by atoms with Crippen molar-refractivity contribution in [1.29, 1.82) is 0 Å². The van der Waals surface area contributed by atoms with Crippen molar-refractivity contribution in [2.45, 2.75) is 37.2 Å². The monoisotopic (exact) mass is 422 g/mol. The van der Waals surface area contributed by atoms with E-state index in [1.165, 1.54) is 12.1 Å². The lowest BCUT2D eigenvalue weighted by Gasteiger charge is -2.28. The zero-order valence-corrected chi connectivity index (χ0v) is 17.5. The summed E-state index contributed by atoms with van der Waals surface area (Å²) in [6.45, 7) is 1.96. The van der Waals surface area contributed by atoms with Crippen LogP contribution in [-0.2, 0) is 16.1 Å². The number of thioether (sulfide) groups is 1. The molecule has 0 aromatic heterocycles. The molecular weight excluding hydrogens is 399 g/mol. The van der Waals surface area contributed by atoms with Gasteiger partial charge in [-0.25, -0.2) is 4.39 Å². The van der Waals surface area contributed by atoms with Crippen LogP contribution in [-0.4, -0.2) is 35.6 Å². The molecule has 0 spiro atoms. The fourth-order valence-corrected chi connectivity index (χ4v) is 3.64. The number of hydrogen-bond acceptors (Lipinski definition) is 3. The quantitative estimate of drug-likeness (QED) is 0.477. The lowest BCUT2D eigenvalue weighted by Crippen LogP contribution is -2.46. The highest BCUT2D eigenvalue weighted by molar-refractivity contribution is 7.99. The Balaban J connectivity index is 1.94. The van der Waals surface area contributed by atoms with Crippen molar-refractivity contribution in [3.05, 3.63) is 64.9 Å². The molecule has 2 aromatic rings. The predicted octanol–water partition coefficient (Wildman–Crippen LogP) is 4.51. The molecule has 0 heterocycles. The number of carbonyl (C=O) groups excluding carboxylic acids is 2. The molecule has 0 aliphatic carbocycles.